The van der Waals surface area contributed by atoms with Crippen LogP contribution in [0.3, 0.4) is 0 Å². The highest BCUT2D eigenvalue weighted by Gasteiger charge is 2.20. The van der Waals surface area contributed by atoms with Crippen LogP contribution in [-0.2, 0) is 0 Å². The van der Waals surface area contributed by atoms with Crippen molar-refractivity contribution in [1.82, 2.24) is 4.40 Å². The molecule has 0 saturated heterocycles. The SMILES string of the molecule is c1ccc(-c2ccc(N(c3ccc(-c4ccc5ccccc5c4)cc3)c3ccc4c5cccc6c7ccccc7n(c4c3)c65)cc2)cc1. The van der Waals surface area contributed by atoms with E-state index < -0.39 is 0 Å². The Morgan fingerprint density at radius 2 is 0.854 bits per heavy atom. The van der Waals surface area contributed by atoms with Crippen molar-refractivity contribution in [2.45, 2.75) is 0 Å². The van der Waals surface area contributed by atoms with Gasteiger partial charge in [0.25, 0.3) is 0 Å². The Kier molecular flexibility index (Phi) is 5.91. The van der Waals surface area contributed by atoms with Crippen LogP contribution in [0.5, 0.6) is 0 Å². The molecule has 2 heteroatoms. The van der Waals surface area contributed by atoms with E-state index in [4.69, 9.17) is 0 Å². The summed E-state index contributed by atoms with van der Waals surface area (Å²) in [4.78, 5) is 2.38. The first-order valence-electron chi connectivity index (χ1n) is 16.5. The summed E-state index contributed by atoms with van der Waals surface area (Å²) >= 11 is 0. The van der Waals surface area contributed by atoms with Crippen molar-refractivity contribution in [3.8, 4) is 22.3 Å². The topological polar surface area (TPSA) is 7.65 Å². The van der Waals surface area contributed by atoms with Crippen LogP contribution >= 0.6 is 0 Å². The van der Waals surface area contributed by atoms with Gasteiger partial charge in [0.1, 0.15) is 0 Å². The van der Waals surface area contributed by atoms with Gasteiger partial charge in [0.15, 0.2) is 0 Å². The third kappa shape index (κ3) is 4.13. The third-order valence-corrected chi connectivity index (χ3v) is 9.91. The lowest BCUT2D eigenvalue weighted by Crippen LogP contribution is -2.10. The van der Waals surface area contributed by atoms with Crippen molar-refractivity contribution in [1.29, 1.82) is 0 Å². The third-order valence-electron chi connectivity index (χ3n) is 9.91. The maximum Gasteiger partial charge on any atom is 0.0620 e. The number of hydrogen-bond acceptors (Lipinski definition) is 1. The van der Waals surface area contributed by atoms with Crippen molar-refractivity contribution < 1.29 is 0 Å². The van der Waals surface area contributed by atoms with Crippen LogP contribution in [0.2, 0.25) is 0 Å². The van der Waals surface area contributed by atoms with Gasteiger partial charge in [-0.3, -0.25) is 0 Å². The zero-order valence-corrected chi connectivity index (χ0v) is 26.2. The summed E-state index contributed by atoms with van der Waals surface area (Å²) in [5, 5.41) is 7.68. The fraction of sp³-hybridized carbons (Fsp3) is 0. The Morgan fingerprint density at radius 1 is 0.312 bits per heavy atom. The zero-order valence-electron chi connectivity index (χ0n) is 26.2. The average Bonchev–Trinajstić information content (AvgIpc) is 3.68. The minimum Gasteiger partial charge on any atom is -0.310 e. The lowest BCUT2D eigenvalue weighted by Gasteiger charge is -2.26. The van der Waals surface area contributed by atoms with Crippen molar-refractivity contribution >= 4 is 65.9 Å². The predicted octanol–water partition coefficient (Wildman–Crippen LogP) is 12.8. The van der Waals surface area contributed by atoms with Crippen molar-refractivity contribution in [3.63, 3.8) is 0 Å². The lowest BCUT2D eigenvalue weighted by atomic mass is 10.0. The standard InChI is InChI=1S/C46H30N2/c1-2-9-31(10-3-1)33-19-23-37(24-20-33)47(38-25-21-34(22-26-38)36-18-17-32-11-4-5-12-35(32)29-36)39-27-28-41-43-15-8-14-42-40-13-6-7-16-44(40)48(46(42)43)45(41)30-39/h1-30H. The van der Waals surface area contributed by atoms with Crippen LogP contribution in [0.1, 0.15) is 0 Å². The highest BCUT2D eigenvalue weighted by Crippen LogP contribution is 2.43. The lowest BCUT2D eigenvalue weighted by molar-refractivity contribution is 1.28. The summed E-state index contributed by atoms with van der Waals surface area (Å²) < 4.78 is 2.46. The molecule has 0 radical (unpaired) electrons. The van der Waals surface area contributed by atoms with E-state index >= 15 is 0 Å². The second-order valence-corrected chi connectivity index (χ2v) is 12.6. The van der Waals surface area contributed by atoms with E-state index in [2.05, 4.69) is 191 Å². The van der Waals surface area contributed by atoms with Gasteiger partial charge in [0.05, 0.1) is 16.6 Å². The summed E-state index contributed by atoms with van der Waals surface area (Å²) in [5.41, 5.74) is 12.0. The van der Waals surface area contributed by atoms with Gasteiger partial charge in [0, 0.05) is 38.6 Å². The molecule has 0 unspecified atom stereocenters. The van der Waals surface area contributed by atoms with Crippen LogP contribution in [0, 0.1) is 0 Å². The van der Waals surface area contributed by atoms with E-state index in [1.165, 1.54) is 71.1 Å². The average molecular weight is 611 g/mol. The number of benzene rings is 8. The summed E-state index contributed by atoms with van der Waals surface area (Å²) in [5.74, 6) is 0. The van der Waals surface area contributed by atoms with E-state index in [1.807, 2.05) is 0 Å². The molecule has 0 aliphatic rings. The fourth-order valence-electron chi connectivity index (χ4n) is 7.61. The van der Waals surface area contributed by atoms with Gasteiger partial charge in [0.2, 0.25) is 0 Å². The first-order valence-corrected chi connectivity index (χ1v) is 16.5. The Hall–Kier alpha value is -6.38. The normalized spacial score (nSPS) is 11.8. The Bertz CT molecular complexity index is 2760. The largest absolute Gasteiger partial charge is 0.310 e. The van der Waals surface area contributed by atoms with E-state index in [0.717, 1.165) is 17.1 Å². The minimum absolute atomic E-state index is 1.12. The van der Waals surface area contributed by atoms with Crippen molar-refractivity contribution in [2.24, 2.45) is 0 Å². The van der Waals surface area contributed by atoms with Crippen LogP contribution < -0.4 is 4.90 Å². The highest BCUT2D eigenvalue weighted by atomic mass is 15.1. The number of fused-ring (bicyclic) bond motifs is 7. The molecule has 0 N–H and O–H groups in total. The molecule has 2 aromatic heterocycles. The van der Waals surface area contributed by atoms with Crippen LogP contribution in [0.25, 0.3) is 71.1 Å². The molecule has 0 fully saturated rings. The van der Waals surface area contributed by atoms with Gasteiger partial charge >= 0.3 is 0 Å². The second-order valence-electron chi connectivity index (χ2n) is 12.6. The molecule has 0 saturated carbocycles. The molecule has 0 bridgehead atoms. The summed E-state index contributed by atoms with van der Waals surface area (Å²) in [6.07, 6.45) is 0. The van der Waals surface area contributed by atoms with Gasteiger partial charge in [-0.1, -0.05) is 133 Å². The Morgan fingerprint density at radius 3 is 1.60 bits per heavy atom. The van der Waals surface area contributed by atoms with E-state index in [0.29, 0.717) is 0 Å². The molecule has 10 rings (SSSR count). The number of rotatable bonds is 5. The number of aromatic nitrogens is 1. The summed E-state index contributed by atoms with van der Waals surface area (Å²) in [6.45, 7) is 0. The zero-order chi connectivity index (χ0) is 31.6. The number of para-hydroxylation sites is 2. The molecule has 2 heterocycles. The van der Waals surface area contributed by atoms with Gasteiger partial charge in [-0.2, -0.15) is 0 Å². The maximum absolute atomic E-state index is 2.46. The van der Waals surface area contributed by atoms with Crippen LogP contribution in [0.15, 0.2) is 182 Å². The molecular formula is C46H30N2. The van der Waals surface area contributed by atoms with E-state index in [9.17, 15) is 0 Å². The molecule has 224 valence electrons. The van der Waals surface area contributed by atoms with Crippen molar-refractivity contribution in [3.05, 3.63) is 182 Å². The predicted molar refractivity (Wildman–Crippen MR) is 204 cm³/mol. The second kappa shape index (κ2) is 10.6. The smallest absolute Gasteiger partial charge is 0.0620 e. The van der Waals surface area contributed by atoms with Gasteiger partial charge in [-0.15, -0.1) is 0 Å². The molecule has 10 aromatic rings. The maximum atomic E-state index is 2.46. The van der Waals surface area contributed by atoms with E-state index in [-0.39, 0.29) is 0 Å². The summed E-state index contributed by atoms with van der Waals surface area (Å²) in [6, 6.07) is 66.2. The minimum atomic E-state index is 1.12. The molecule has 8 aromatic carbocycles. The molecule has 2 nitrogen and oxygen atoms in total. The number of anilines is 3. The quantitative estimate of drug-likeness (QED) is 0.188. The molecule has 48 heavy (non-hydrogen) atoms. The monoisotopic (exact) mass is 610 g/mol. The number of hydrogen-bond donors (Lipinski definition) is 0. The Labute approximate surface area is 278 Å². The first kappa shape index (κ1) is 26.8. The molecule has 0 atom stereocenters. The summed E-state index contributed by atoms with van der Waals surface area (Å²) in [7, 11) is 0. The van der Waals surface area contributed by atoms with Gasteiger partial charge < -0.3 is 9.30 Å². The van der Waals surface area contributed by atoms with Gasteiger partial charge in [-0.25, -0.2) is 0 Å². The van der Waals surface area contributed by atoms with E-state index in [1.54, 1.807) is 0 Å². The molecular weight excluding hydrogens is 581 g/mol. The molecule has 0 spiro atoms. The molecule has 0 amide bonds. The van der Waals surface area contributed by atoms with Gasteiger partial charge in [-0.05, 0) is 81.6 Å². The fourth-order valence-corrected chi connectivity index (χ4v) is 7.61. The molecule has 0 aliphatic carbocycles. The number of nitrogens with zero attached hydrogens (tertiary/aromatic N) is 2. The Balaban J connectivity index is 1.14. The molecule has 0 aliphatic heterocycles. The highest BCUT2D eigenvalue weighted by molar-refractivity contribution is 6.23. The van der Waals surface area contributed by atoms with Crippen molar-refractivity contribution in [2.75, 3.05) is 4.90 Å². The first-order chi connectivity index (χ1) is 23.8. The van der Waals surface area contributed by atoms with Crippen LogP contribution in [0.4, 0.5) is 17.1 Å². The van der Waals surface area contributed by atoms with Crippen LogP contribution in [-0.4, -0.2) is 4.40 Å².